The SMILES string of the molecule is O=C(O)c1ccc(Br)cc1OCc1nnc2n1CCCC2. The lowest BCUT2D eigenvalue weighted by Gasteiger charge is -2.15. The van der Waals surface area contributed by atoms with Crippen molar-refractivity contribution >= 4 is 21.9 Å². The normalized spacial score (nSPS) is 13.8. The smallest absolute Gasteiger partial charge is 0.339 e. The summed E-state index contributed by atoms with van der Waals surface area (Å²) in [5.41, 5.74) is 0.136. The molecule has 1 aliphatic heterocycles. The first-order chi connectivity index (χ1) is 10.1. The molecule has 21 heavy (non-hydrogen) atoms. The third-order valence-corrected chi connectivity index (χ3v) is 3.96. The van der Waals surface area contributed by atoms with Crippen LogP contribution in [-0.4, -0.2) is 25.8 Å². The zero-order valence-corrected chi connectivity index (χ0v) is 12.8. The van der Waals surface area contributed by atoms with Gasteiger partial charge in [0.25, 0.3) is 0 Å². The van der Waals surface area contributed by atoms with Crippen LogP contribution in [0.4, 0.5) is 0 Å². The minimum Gasteiger partial charge on any atom is -0.485 e. The number of aryl methyl sites for hydroxylation is 1. The molecule has 3 rings (SSSR count). The predicted octanol–water partition coefficient (Wildman–Crippen LogP) is 2.65. The Morgan fingerprint density at radius 1 is 1.38 bits per heavy atom. The summed E-state index contributed by atoms with van der Waals surface area (Å²) in [6.45, 7) is 1.11. The molecule has 0 fully saturated rings. The summed E-state index contributed by atoms with van der Waals surface area (Å²) in [7, 11) is 0. The number of carboxylic acids is 1. The molecule has 0 radical (unpaired) electrons. The molecule has 7 heteroatoms. The Balaban J connectivity index is 1.80. The van der Waals surface area contributed by atoms with E-state index in [0.29, 0.717) is 5.75 Å². The summed E-state index contributed by atoms with van der Waals surface area (Å²) in [5.74, 6) is 1.03. The Morgan fingerprint density at radius 3 is 3.05 bits per heavy atom. The molecular weight excluding hydrogens is 338 g/mol. The van der Waals surface area contributed by atoms with Gasteiger partial charge in [-0.15, -0.1) is 10.2 Å². The van der Waals surface area contributed by atoms with Crippen molar-refractivity contribution in [2.75, 3.05) is 0 Å². The third-order valence-electron chi connectivity index (χ3n) is 3.47. The van der Waals surface area contributed by atoms with E-state index in [1.807, 2.05) is 0 Å². The van der Waals surface area contributed by atoms with Crippen LogP contribution in [-0.2, 0) is 19.6 Å². The molecule has 0 amide bonds. The molecule has 6 nitrogen and oxygen atoms in total. The zero-order valence-electron chi connectivity index (χ0n) is 11.3. The second kappa shape index (κ2) is 5.85. The lowest BCUT2D eigenvalue weighted by Crippen LogP contribution is -2.15. The van der Waals surface area contributed by atoms with Crippen LogP contribution >= 0.6 is 15.9 Å². The number of halogens is 1. The summed E-state index contributed by atoms with van der Waals surface area (Å²) in [5, 5.41) is 17.5. The second-order valence-corrected chi connectivity index (χ2v) is 5.79. The van der Waals surface area contributed by atoms with Crippen LogP contribution in [0.5, 0.6) is 5.75 Å². The molecule has 1 N–H and O–H groups in total. The number of carboxylic acid groups (broad SMARTS) is 1. The standard InChI is InChI=1S/C14H14BrN3O3/c15-9-4-5-10(14(19)20)11(7-9)21-8-13-17-16-12-3-1-2-6-18(12)13/h4-5,7H,1-3,6,8H2,(H,19,20). The Labute approximate surface area is 129 Å². The van der Waals surface area contributed by atoms with Gasteiger partial charge in [0, 0.05) is 17.4 Å². The van der Waals surface area contributed by atoms with Gasteiger partial charge < -0.3 is 14.4 Å². The number of rotatable bonds is 4. The van der Waals surface area contributed by atoms with Crippen LogP contribution in [0.1, 0.15) is 34.8 Å². The van der Waals surface area contributed by atoms with Crippen molar-refractivity contribution in [1.29, 1.82) is 0 Å². The number of aromatic carboxylic acids is 1. The molecular formula is C14H14BrN3O3. The van der Waals surface area contributed by atoms with Gasteiger partial charge in [-0.1, -0.05) is 15.9 Å². The van der Waals surface area contributed by atoms with E-state index in [1.54, 1.807) is 12.1 Å². The fourth-order valence-electron chi connectivity index (χ4n) is 2.41. The highest BCUT2D eigenvalue weighted by atomic mass is 79.9. The van der Waals surface area contributed by atoms with E-state index in [0.717, 1.165) is 41.9 Å². The van der Waals surface area contributed by atoms with Gasteiger partial charge in [-0.2, -0.15) is 0 Å². The van der Waals surface area contributed by atoms with E-state index in [4.69, 9.17) is 4.74 Å². The van der Waals surface area contributed by atoms with Crippen molar-refractivity contribution in [1.82, 2.24) is 14.8 Å². The summed E-state index contributed by atoms with van der Waals surface area (Å²) in [4.78, 5) is 11.2. The maximum Gasteiger partial charge on any atom is 0.339 e. The maximum atomic E-state index is 11.2. The van der Waals surface area contributed by atoms with Crippen LogP contribution < -0.4 is 4.74 Å². The molecule has 0 saturated heterocycles. The minimum absolute atomic E-state index is 0.136. The van der Waals surface area contributed by atoms with Crippen molar-refractivity contribution in [3.8, 4) is 5.75 Å². The first-order valence-corrected chi connectivity index (χ1v) is 7.51. The van der Waals surface area contributed by atoms with Gasteiger partial charge in [0.1, 0.15) is 23.7 Å². The first-order valence-electron chi connectivity index (χ1n) is 6.72. The van der Waals surface area contributed by atoms with Crippen LogP contribution in [0.15, 0.2) is 22.7 Å². The van der Waals surface area contributed by atoms with Crippen LogP contribution in [0.25, 0.3) is 0 Å². The van der Waals surface area contributed by atoms with Gasteiger partial charge in [-0.25, -0.2) is 4.79 Å². The van der Waals surface area contributed by atoms with E-state index in [2.05, 4.69) is 30.7 Å². The van der Waals surface area contributed by atoms with E-state index < -0.39 is 5.97 Å². The number of aromatic nitrogens is 3. The Morgan fingerprint density at radius 2 is 2.24 bits per heavy atom. The van der Waals surface area contributed by atoms with Crippen LogP contribution in [0, 0.1) is 0 Å². The minimum atomic E-state index is -1.01. The van der Waals surface area contributed by atoms with Crippen molar-refractivity contribution in [2.45, 2.75) is 32.4 Å². The largest absolute Gasteiger partial charge is 0.485 e. The molecule has 1 aromatic carbocycles. The molecule has 1 aromatic heterocycles. The fourth-order valence-corrected chi connectivity index (χ4v) is 2.75. The van der Waals surface area contributed by atoms with E-state index in [1.165, 1.54) is 6.07 Å². The van der Waals surface area contributed by atoms with E-state index in [9.17, 15) is 9.90 Å². The average molecular weight is 352 g/mol. The summed E-state index contributed by atoms with van der Waals surface area (Å²) >= 11 is 3.32. The highest BCUT2D eigenvalue weighted by Crippen LogP contribution is 2.25. The highest BCUT2D eigenvalue weighted by molar-refractivity contribution is 9.10. The van der Waals surface area contributed by atoms with Crippen LogP contribution in [0.2, 0.25) is 0 Å². The van der Waals surface area contributed by atoms with Gasteiger partial charge in [0.05, 0.1) is 0 Å². The number of ether oxygens (including phenoxy) is 1. The topological polar surface area (TPSA) is 77.2 Å². The molecule has 2 heterocycles. The first kappa shape index (κ1) is 14.1. The summed E-state index contributed by atoms with van der Waals surface area (Å²) in [6, 6.07) is 4.84. The molecule has 0 spiro atoms. The molecule has 0 unspecified atom stereocenters. The molecule has 0 aliphatic carbocycles. The quantitative estimate of drug-likeness (QED) is 0.915. The lowest BCUT2D eigenvalue weighted by molar-refractivity contribution is 0.0691. The Bertz CT molecular complexity index is 684. The van der Waals surface area contributed by atoms with Gasteiger partial charge in [0.15, 0.2) is 5.82 Å². The highest BCUT2D eigenvalue weighted by Gasteiger charge is 2.17. The predicted molar refractivity (Wildman–Crippen MR) is 78.4 cm³/mol. The Kier molecular flexibility index (Phi) is 3.92. The summed E-state index contributed by atoms with van der Waals surface area (Å²) in [6.07, 6.45) is 3.17. The number of hydrogen-bond donors (Lipinski definition) is 1. The van der Waals surface area contributed by atoms with Crippen LogP contribution in [0.3, 0.4) is 0 Å². The number of benzene rings is 1. The summed E-state index contributed by atoms with van der Waals surface area (Å²) < 4.78 is 8.48. The zero-order chi connectivity index (χ0) is 14.8. The fraction of sp³-hybridized carbons (Fsp3) is 0.357. The number of carbonyl (C=O) groups is 1. The number of nitrogens with zero attached hydrogens (tertiary/aromatic N) is 3. The second-order valence-electron chi connectivity index (χ2n) is 4.88. The monoisotopic (exact) mass is 351 g/mol. The van der Waals surface area contributed by atoms with Gasteiger partial charge in [-0.3, -0.25) is 0 Å². The van der Waals surface area contributed by atoms with Crippen molar-refractivity contribution in [3.63, 3.8) is 0 Å². The van der Waals surface area contributed by atoms with Crippen molar-refractivity contribution in [3.05, 3.63) is 39.9 Å². The average Bonchev–Trinajstić information content (AvgIpc) is 2.88. The Hall–Kier alpha value is -1.89. The third kappa shape index (κ3) is 2.92. The van der Waals surface area contributed by atoms with Crippen molar-refractivity contribution in [2.24, 2.45) is 0 Å². The van der Waals surface area contributed by atoms with Gasteiger partial charge in [-0.05, 0) is 31.0 Å². The van der Waals surface area contributed by atoms with E-state index >= 15 is 0 Å². The number of hydrogen-bond acceptors (Lipinski definition) is 4. The lowest BCUT2D eigenvalue weighted by atomic mass is 10.2. The molecule has 0 bridgehead atoms. The molecule has 0 saturated carbocycles. The number of fused-ring (bicyclic) bond motifs is 1. The van der Waals surface area contributed by atoms with Crippen molar-refractivity contribution < 1.29 is 14.6 Å². The molecule has 1 aliphatic rings. The molecule has 110 valence electrons. The molecule has 2 aromatic rings. The van der Waals surface area contributed by atoms with E-state index in [-0.39, 0.29) is 12.2 Å². The van der Waals surface area contributed by atoms with Gasteiger partial charge >= 0.3 is 5.97 Å². The molecule has 0 atom stereocenters. The van der Waals surface area contributed by atoms with Gasteiger partial charge in [0.2, 0.25) is 0 Å². The maximum absolute atomic E-state index is 11.2.